The Morgan fingerprint density at radius 3 is 2.50 bits per heavy atom. The summed E-state index contributed by atoms with van der Waals surface area (Å²) >= 11 is 6.59. The number of nitrogens with zero attached hydrogens (tertiary/aromatic N) is 3. The number of pyridine rings is 2. The summed E-state index contributed by atoms with van der Waals surface area (Å²) in [5, 5.41) is 3.69. The van der Waals surface area contributed by atoms with Crippen LogP contribution < -0.4 is 20.5 Å². The summed E-state index contributed by atoms with van der Waals surface area (Å²) in [6.07, 6.45) is 4.72. The molecule has 0 saturated heterocycles. The third-order valence-electron chi connectivity index (χ3n) is 4.03. The molecule has 0 aliphatic heterocycles. The average Bonchev–Trinajstić information content (AvgIpc) is 2.72. The molecule has 8 heteroatoms. The number of aromatic nitrogens is 2. The van der Waals surface area contributed by atoms with Crippen LogP contribution in [-0.4, -0.2) is 37.4 Å². The minimum absolute atomic E-state index is 0.452. The number of benzene rings is 1. The molecular weight excluding hydrogens is 378 g/mol. The fourth-order valence-corrected chi connectivity index (χ4v) is 2.97. The van der Waals surface area contributed by atoms with E-state index in [1.54, 1.807) is 39.7 Å². The zero-order chi connectivity index (χ0) is 20.1. The van der Waals surface area contributed by atoms with E-state index in [0.717, 1.165) is 5.69 Å². The molecular formula is C20H20ClN5O2. The summed E-state index contributed by atoms with van der Waals surface area (Å²) in [7, 11) is 4.86. The second-order valence-corrected chi connectivity index (χ2v) is 6.16. The zero-order valence-electron chi connectivity index (χ0n) is 15.7. The molecule has 28 heavy (non-hydrogen) atoms. The summed E-state index contributed by atoms with van der Waals surface area (Å²) in [4.78, 5) is 13.0. The zero-order valence-corrected chi connectivity index (χ0v) is 16.5. The molecule has 7 nitrogen and oxygen atoms in total. The highest BCUT2D eigenvalue weighted by Crippen LogP contribution is 2.31. The predicted molar refractivity (Wildman–Crippen MR) is 114 cm³/mol. The van der Waals surface area contributed by atoms with Crippen molar-refractivity contribution < 1.29 is 9.47 Å². The molecule has 3 aromatic rings. The van der Waals surface area contributed by atoms with E-state index < -0.39 is 0 Å². The van der Waals surface area contributed by atoms with Gasteiger partial charge in [0.25, 0.3) is 0 Å². The lowest BCUT2D eigenvalue weighted by Crippen LogP contribution is -1.99. The first-order chi connectivity index (χ1) is 13.6. The summed E-state index contributed by atoms with van der Waals surface area (Å²) in [5.74, 6) is 1.94. The largest absolute Gasteiger partial charge is 0.497 e. The fourth-order valence-electron chi connectivity index (χ4n) is 2.68. The Morgan fingerprint density at radius 1 is 1.18 bits per heavy atom. The molecule has 0 spiro atoms. The van der Waals surface area contributed by atoms with Gasteiger partial charge in [-0.1, -0.05) is 11.6 Å². The van der Waals surface area contributed by atoms with Crippen molar-refractivity contribution in [3.05, 3.63) is 53.3 Å². The van der Waals surface area contributed by atoms with Gasteiger partial charge in [0, 0.05) is 60.7 Å². The molecule has 1 aromatic carbocycles. The van der Waals surface area contributed by atoms with Crippen molar-refractivity contribution in [2.24, 2.45) is 10.7 Å². The third kappa shape index (κ3) is 3.99. The molecule has 0 amide bonds. The number of halogens is 1. The first kappa shape index (κ1) is 19.4. The molecule has 2 aromatic heterocycles. The second-order valence-electron chi connectivity index (χ2n) is 5.79. The lowest BCUT2D eigenvalue weighted by atomic mass is 10.1. The molecule has 0 fully saturated rings. The predicted octanol–water partition coefficient (Wildman–Crippen LogP) is 4.04. The Hall–Kier alpha value is -3.32. The topological polar surface area (TPSA) is 94.7 Å². The summed E-state index contributed by atoms with van der Waals surface area (Å²) in [5.41, 5.74) is 9.02. The Kier molecular flexibility index (Phi) is 5.96. The maximum absolute atomic E-state index is 6.59. The molecule has 0 saturated carbocycles. The van der Waals surface area contributed by atoms with Crippen LogP contribution in [0.25, 0.3) is 16.6 Å². The standard InChI is InChI=1S/C20H20ClN5O2/c1-23-10-12(9-22)16-11-24-17-4-5-18(26-20(17)19(16)21)25-13-6-14(27-2)8-15(7-13)28-3/h4-11H,22H2,1-3H3,(H,25,26)/b12-9+,23-10?. The van der Waals surface area contributed by atoms with Crippen molar-refractivity contribution in [1.82, 2.24) is 9.97 Å². The van der Waals surface area contributed by atoms with Gasteiger partial charge in [-0.05, 0) is 12.1 Å². The van der Waals surface area contributed by atoms with Crippen LogP contribution in [-0.2, 0) is 0 Å². The number of nitrogens with one attached hydrogen (secondary N) is 1. The molecule has 3 rings (SSSR count). The van der Waals surface area contributed by atoms with Gasteiger partial charge >= 0.3 is 0 Å². The van der Waals surface area contributed by atoms with E-state index in [2.05, 4.69) is 20.3 Å². The average molecular weight is 398 g/mol. The van der Waals surface area contributed by atoms with Crippen LogP contribution in [0.3, 0.4) is 0 Å². The SMILES string of the molecule is CN=C/C(=C\N)c1cnc2ccc(Nc3cc(OC)cc(OC)c3)nc2c1Cl. The van der Waals surface area contributed by atoms with Crippen LogP contribution in [0.15, 0.2) is 47.7 Å². The van der Waals surface area contributed by atoms with Crippen molar-refractivity contribution in [3.63, 3.8) is 0 Å². The quantitative estimate of drug-likeness (QED) is 0.609. The van der Waals surface area contributed by atoms with Crippen LogP contribution in [0.4, 0.5) is 11.5 Å². The van der Waals surface area contributed by atoms with Gasteiger partial charge in [-0.3, -0.25) is 9.98 Å². The highest BCUT2D eigenvalue weighted by Gasteiger charge is 2.12. The van der Waals surface area contributed by atoms with E-state index in [9.17, 15) is 0 Å². The Morgan fingerprint density at radius 2 is 1.89 bits per heavy atom. The Balaban J connectivity index is 2.03. The van der Waals surface area contributed by atoms with Gasteiger partial charge < -0.3 is 20.5 Å². The van der Waals surface area contributed by atoms with Gasteiger partial charge in [0.15, 0.2) is 0 Å². The number of anilines is 2. The van der Waals surface area contributed by atoms with Gasteiger partial charge in [0.05, 0.1) is 24.8 Å². The molecule has 0 aliphatic carbocycles. The summed E-state index contributed by atoms with van der Waals surface area (Å²) < 4.78 is 10.6. The first-order valence-corrected chi connectivity index (χ1v) is 8.77. The van der Waals surface area contributed by atoms with Crippen molar-refractivity contribution in [2.45, 2.75) is 0 Å². The van der Waals surface area contributed by atoms with Gasteiger partial charge in [-0.2, -0.15) is 0 Å². The summed E-state index contributed by atoms with van der Waals surface area (Å²) in [6.45, 7) is 0. The first-order valence-electron chi connectivity index (χ1n) is 8.39. The van der Waals surface area contributed by atoms with Crippen LogP contribution in [0.2, 0.25) is 5.02 Å². The number of methoxy groups -OCH3 is 2. The van der Waals surface area contributed by atoms with E-state index in [1.165, 1.54) is 6.20 Å². The van der Waals surface area contributed by atoms with Crippen molar-refractivity contribution in [2.75, 3.05) is 26.6 Å². The van der Waals surface area contributed by atoms with Crippen LogP contribution in [0.5, 0.6) is 11.5 Å². The number of hydrogen-bond donors (Lipinski definition) is 2. The lowest BCUT2D eigenvalue weighted by Gasteiger charge is -2.12. The molecule has 144 valence electrons. The van der Waals surface area contributed by atoms with Crippen molar-refractivity contribution in [1.29, 1.82) is 0 Å². The van der Waals surface area contributed by atoms with E-state index in [1.807, 2.05) is 24.3 Å². The van der Waals surface area contributed by atoms with Crippen LogP contribution in [0, 0.1) is 0 Å². The monoisotopic (exact) mass is 397 g/mol. The number of ether oxygens (including phenoxy) is 2. The van der Waals surface area contributed by atoms with E-state index in [0.29, 0.717) is 44.5 Å². The molecule has 0 bridgehead atoms. The van der Waals surface area contributed by atoms with Crippen LogP contribution >= 0.6 is 11.6 Å². The van der Waals surface area contributed by atoms with Gasteiger partial charge in [-0.25, -0.2) is 4.98 Å². The highest BCUT2D eigenvalue weighted by atomic mass is 35.5. The Bertz CT molecular complexity index is 1040. The smallest absolute Gasteiger partial charge is 0.131 e. The maximum Gasteiger partial charge on any atom is 0.131 e. The maximum atomic E-state index is 6.59. The fraction of sp³-hybridized carbons (Fsp3) is 0.150. The number of fused-ring (bicyclic) bond motifs is 1. The molecule has 0 unspecified atom stereocenters. The second kappa shape index (κ2) is 8.58. The molecule has 0 radical (unpaired) electrons. The van der Waals surface area contributed by atoms with Crippen LogP contribution in [0.1, 0.15) is 5.56 Å². The third-order valence-corrected chi connectivity index (χ3v) is 4.42. The van der Waals surface area contributed by atoms with Gasteiger partial charge in [0.2, 0.25) is 0 Å². The van der Waals surface area contributed by atoms with E-state index >= 15 is 0 Å². The van der Waals surface area contributed by atoms with Gasteiger partial charge in [-0.15, -0.1) is 0 Å². The van der Waals surface area contributed by atoms with Gasteiger partial charge in [0.1, 0.15) is 22.8 Å². The summed E-state index contributed by atoms with van der Waals surface area (Å²) in [6, 6.07) is 9.15. The number of nitrogens with two attached hydrogens (primary N) is 1. The van der Waals surface area contributed by atoms with Crippen molar-refractivity contribution >= 4 is 45.9 Å². The van der Waals surface area contributed by atoms with Crippen molar-refractivity contribution in [3.8, 4) is 11.5 Å². The number of rotatable bonds is 6. The lowest BCUT2D eigenvalue weighted by molar-refractivity contribution is 0.395. The Labute approximate surface area is 167 Å². The molecule has 0 atom stereocenters. The van der Waals surface area contributed by atoms with E-state index in [4.69, 9.17) is 26.8 Å². The number of allylic oxidation sites excluding steroid dienone is 1. The molecule has 0 aliphatic rings. The highest BCUT2D eigenvalue weighted by molar-refractivity contribution is 6.37. The van der Waals surface area contributed by atoms with E-state index in [-0.39, 0.29) is 0 Å². The minimum Gasteiger partial charge on any atom is -0.497 e. The molecule has 2 heterocycles. The normalized spacial score (nSPS) is 11.8. The minimum atomic E-state index is 0.452. The number of aliphatic imine (C=N–C) groups is 1. The molecule has 3 N–H and O–H groups in total. The number of hydrogen-bond acceptors (Lipinski definition) is 7.